The highest BCUT2D eigenvalue weighted by Gasteiger charge is 2.40. The Kier molecular flexibility index (Phi) is 2.74. The summed E-state index contributed by atoms with van der Waals surface area (Å²) in [6.45, 7) is 2.05. The average molecular weight is 230 g/mol. The lowest BCUT2D eigenvalue weighted by Crippen LogP contribution is -2.17. The SMILES string of the molecule is C[C@H](N)[C@@H]1C[C@H]1c1cc(Cl)cc(Cl)c1. The normalized spacial score (nSPS) is 27.4. The van der Waals surface area contributed by atoms with Gasteiger partial charge in [0, 0.05) is 16.1 Å². The summed E-state index contributed by atoms with van der Waals surface area (Å²) in [5.74, 6) is 1.16. The van der Waals surface area contributed by atoms with Crippen LogP contribution in [0.3, 0.4) is 0 Å². The van der Waals surface area contributed by atoms with Gasteiger partial charge in [0.25, 0.3) is 0 Å². The smallest absolute Gasteiger partial charge is 0.0423 e. The Morgan fingerprint density at radius 3 is 2.29 bits per heavy atom. The summed E-state index contributed by atoms with van der Waals surface area (Å²) in [6.07, 6.45) is 1.16. The average Bonchev–Trinajstić information content (AvgIpc) is 2.79. The molecule has 0 aliphatic heterocycles. The quantitative estimate of drug-likeness (QED) is 0.827. The molecule has 0 heterocycles. The Bertz CT molecular complexity index is 329. The number of benzene rings is 1. The highest BCUT2D eigenvalue weighted by Crippen LogP contribution is 2.49. The molecule has 1 aromatic rings. The molecule has 2 N–H and O–H groups in total. The van der Waals surface area contributed by atoms with Crippen LogP contribution in [0.4, 0.5) is 0 Å². The van der Waals surface area contributed by atoms with E-state index in [4.69, 9.17) is 28.9 Å². The van der Waals surface area contributed by atoms with E-state index in [9.17, 15) is 0 Å². The van der Waals surface area contributed by atoms with Crippen molar-refractivity contribution in [2.45, 2.75) is 25.3 Å². The van der Waals surface area contributed by atoms with Crippen LogP contribution < -0.4 is 5.73 Å². The van der Waals surface area contributed by atoms with Crippen LogP contribution in [0.2, 0.25) is 10.0 Å². The number of hydrogen-bond acceptors (Lipinski definition) is 1. The van der Waals surface area contributed by atoms with Gasteiger partial charge in [-0.15, -0.1) is 0 Å². The molecular formula is C11H13Cl2N. The lowest BCUT2D eigenvalue weighted by atomic mass is 10.1. The van der Waals surface area contributed by atoms with Crippen molar-refractivity contribution in [2.75, 3.05) is 0 Å². The molecule has 0 bridgehead atoms. The zero-order chi connectivity index (χ0) is 10.3. The molecule has 76 valence electrons. The summed E-state index contributed by atoms with van der Waals surface area (Å²) in [6, 6.07) is 5.99. The van der Waals surface area contributed by atoms with Crippen molar-refractivity contribution in [1.82, 2.24) is 0 Å². The van der Waals surface area contributed by atoms with Gasteiger partial charge in [-0.1, -0.05) is 23.2 Å². The fourth-order valence-corrected chi connectivity index (χ4v) is 2.51. The largest absolute Gasteiger partial charge is 0.328 e. The summed E-state index contributed by atoms with van der Waals surface area (Å²) in [5.41, 5.74) is 7.06. The van der Waals surface area contributed by atoms with Crippen molar-refractivity contribution in [3.8, 4) is 0 Å². The van der Waals surface area contributed by atoms with E-state index in [1.807, 2.05) is 12.1 Å². The fourth-order valence-electron chi connectivity index (χ4n) is 1.97. The van der Waals surface area contributed by atoms with E-state index in [0.717, 1.165) is 6.42 Å². The summed E-state index contributed by atoms with van der Waals surface area (Å²) in [5, 5.41) is 1.42. The topological polar surface area (TPSA) is 26.0 Å². The fraction of sp³-hybridized carbons (Fsp3) is 0.455. The van der Waals surface area contributed by atoms with E-state index in [1.54, 1.807) is 6.07 Å². The zero-order valence-corrected chi connectivity index (χ0v) is 9.52. The van der Waals surface area contributed by atoms with Crippen molar-refractivity contribution in [3.05, 3.63) is 33.8 Å². The Hall–Kier alpha value is -0.240. The number of nitrogens with two attached hydrogens (primary N) is 1. The molecule has 0 unspecified atom stereocenters. The first-order chi connectivity index (χ1) is 6.58. The maximum absolute atomic E-state index is 5.93. The molecule has 3 heteroatoms. The highest BCUT2D eigenvalue weighted by atomic mass is 35.5. The number of hydrogen-bond donors (Lipinski definition) is 1. The molecule has 1 aromatic carbocycles. The standard InChI is InChI=1S/C11H13Cl2N/c1-6(14)10-5-11(10)7-2-8(12)4-9(13)3-7/h2-4,6,10-11H,5,14H2,1H3/t6-,10-,11-/m0/s1. The summed E-state index contributed by atoms with van der Waals surface area (Å²) >= 11 is 11.9. The van der Waals surface area contributed by atoms with Crippen molar-refractivity contribution in [1.29, 1.82) is 0 Å². The third-order valence-corrected chi connectivity index (χ3v) is 3.26. The predicted molar refractivity (Wildman–Crippen MR) is 61.0 cm³/mol. The van der Waals surface area contributed by atoms with Crippen LogP contribution in [0, 0.1) is 5.92 Å². The molecule has 1 aliphatic rings. The molecule has 0 saturated heterocycles. The number of rotatable bonds is 2. The van der Waals surface area contributed by atoms with Crippen molar-refractivity contribution >= 4 is 23.2 Å². The Morgan fingerprint density at radius 1 is 1.29 bits per heavy atom. The van der Waals surface area contributed by atoms with Crippen molar-refractivity contribution in [3.63, 3.8) is 0 Å². The van der Waals surface area contributed by atoms with Gasteiger partial charge in [-0.3, -0.25) is 0 Å². The summed E-state index contributed by atoms with van der Waals surface area (Å²) in [4.78, 5) is 0. The van der Waals surface area contributed by atoms with Crippen molar-refractivity contribution < 1.29 is 0 Å². The maximum atomic E-state index is 5.93. The van der Waals surface area contributed by atoms with Crippen LogP contribution in [0.1, 0.15) is 24.8 Å². The van der Waals surface area contributed by atoms with Gasteiger partial charge in [-0.25, -0.2) is 0 Å². The second kappa shape index (κ2) is 3.73. The van der Waals surface area contributed by atoms with Gasteiger partial charge in [0.15, 0.2) is 0 Å². The van der Waals surface area contributed by atoms with Gasteiger partial charge < -0.3 is 5.73 Å². The first-order valence-electron chi connectivity index (χ1n) is 4.79. The molecule has 1 fully saturated rings. The highest BCUT2D eigenvalue weighted by molar-refractivity contribution is 6.34. The monoisotopic (exact) mass is 229 g/mol. The molecule has 1 aliphatic carbocycles. The third-order valence-electron chi connectivity index (χ3n) is 2.83. The van der Waals surface area contributed by atoms with Gasteiger partial charge >= 0.3 is 0 Å². The van der Waals surface area contributed by atoms with Gasteiger partial charge in [-0.05, 0) is 48.9 Å². The Morgan fingerprint density at radius 2 is 1.86 bits per heavy atom. The molecule has 0 aromatic heterocycles. The minimum absolute atomic E-state index is 0.262. The van der Waals surface area contributed by atoms with E-state index in [1.165, 1.54) is 5.56 Å². The first-order valence-corrected chi connectivity index (χ1v) is 5.55. The van der Waals surface area contributed by atoms with Crippen LogP contribution in [0.15, 0.2) is 18.2 Å². The van der Waals surface area contributed by atoms with Crippen molar-refractivity contribution in [2.24, 2.45) is 11.7 Å². The van der Waals surface area contributed by atoms with Gasteiger partial charge in [0.05, 0.1) is 0 Å². The van der Waals surface area contributed by atoms with Gasteiger partial charge in [0.2, 0.25) is 0 Å². The second-order valence-corrected chi connectivity index (χ2v) is 4.94. The molecule has 2 rings (SSSR count). The van der Waals surface area contributed by atoms with Crippen LogP contribution in [0.25, 0.3) is 0 Å². The third kappa shape index (κ3) is 2.05. The van der Waals surface area contributed by atoms with Crippen LogP contribution in [-0.4, -0.2) is 6.04 Å². The molecule has 0 amide bonds. The minimum atomic E-state index is 0.262. The Labute approximate surface area is 94.2 Å². The minimum Gasteiger partial charge on any atom is -0.328 e. The van der Waals surface area contributed by atoms with E-state index >= 15 is 0 Å². The number of halogens is 2. The molecule has 14 heavy (non-hydrogen) atoms. The van der Waals surface area contributed by atoms with Gasteiger partial charge in [-0.2, -0.15) is 0 Å². The van der Waals surface area contributed by atoms with Crippen LogP contribution >= 0.6 is 23.2 Å². The molecule has 1 nitrogen and oxygen atoms in total. The lowest BCUT2D eigenvalue weighted by Gasteiger charge is -2.05. The van der Waals surface area contributed by atoms with Crippen LogP contribution in [0.5, 0.6) is 0 Å². The summed E-state index contributed by atoms with van der Waals surface area (Å²) in [7, 11) is 0. The molecule has 3 atom stereocenters. The van der Waals surface area contributed by atoms with E-state index in [2.05, 4.69) is 6.92 Å². The van der Waals surface area contributed by atoms with E-state index in [-0.39, 0.29) is 6.04 Å². The molecular weight excluding hydrogens is 217 g/mol. The van der Waals surface area contributed by atoms with E-state index in [0.29, 0.717) is 21.9 Å². The Balaban J connectivity index is 2.19. The second-order valence-electron chi connectivity index (χ2n) is 4.07. The lowest BCUT2D eigenvalue weighted by molar-refractivity contribution is 0.631. The van der Waals surface area contributed by atoms with Crippen LogP contribution in [-0.2, 0) is 0 Å². The van der Waals surface area contributed by atoms with Gasteiger partial charge in [0.1, 0.15) is 0 Å². The molecule has 0 radical (unpaired) electrons. The molecule has 0 spiro atoms. The zero-order valence-electron chi connectivity index (χ0n) is 8.00. The van der Waals surface area contributed by atoms with E-state index < -0.39 is 0 Å². The summed E-state index contributed by atoms with van der Waals surface area (Å²) < 4.78 is 0. The first kappa shape index (κ1) is 10.3. The molecule has 1 saturated carbocycles. The predicted octanol–water partition coefficient (Wildman–Crippen LogP) is 3.44. The maximum Gasteiger partial charge on any atom is 0.0423 e.